The fourth-order valence-corrected chi connectivity index (χ4v) is 4.03. The van der Waals surface area contributed by atoms with Crippen LogP contribution >= 0.6 is 11.6 Å². The molecule has 0 radical (unpaired) electrons. The molecule has 0 atom stereocenters. The van der Waals surface area contributed by atoms with Gasteiger partial charge in [-0.2, -0.15) is 0 Å². The third kappa shape index (κ3) is 3.37. The second-order valence-corrected chi connectivity index (χ2v) is 7.92. The summed E-state index contributed by atoms with van der Waals surface area (Å²) in [4.78, 5) is 40.3. The molecule has 0 fully saturated rings. The van der Waals surface area contributed by atoms with Gasteiger partial charge in [-0.25, -0.2) is 9.58 Å². The number of imide groups is 1. The van der Waals surface area contributed by atoms with Crippen molar-refractivity contribution >= 4 is 34.8 Å². The maximum absolute atomic E-state index is 13.3. The van der Waals surface area contributed by atoms with Gasteiger partial charge in [-0.05, 0) is 56.2 Å². The van der Waals surface area contributed by atoms with Crippen LogP contribution < -0.4 is 15.8 Å². The van der Waals surface area contributed by atoms with Crippen LogP contribution in [0, 0.1) is 20.8 Å². The number of halogens is 1. The van der Waals surface area contributed by atoms with Gasteiger partial charge >= 0.3 is 0 Å². The number of carbonyl (C=O) groups excluding carboxylic acids is 2. The summed E-state index contributed by atoms with van der Waals surface area (Å²) in [5.74, 6) is -1.40. The Morgan fingerprint density at radius 1 is 0.871 bits per heavy atom. The first kappa shape index (κ1) is 20.7. The molecular weight excluding hydrogens is 416 g/mol. The van der Waals surface area contributed by atoms with Gasteiger partial charge in [0.25, 0.3) is 17.4 Å². The van der Waals surface area contributed by atoms with Crippen LogP contribution in [-0.2, 0) is 16.6 Å². The second-order valence-electron chi connectivity index (χ2n) is 7.55. The number of anilines is 2. The van der Waals surface area contributed by atoms with Crippen LogP contribution in [0.4, 0.5) is 11.4 Å². The lowest BCUT2D eigenvalue weighted by molar-refractivity contribution is -0.120. The number of nitrogens with zero attached hydrogens (tertiary/aromatic N) is 3. The van der Waals surface area contributed by atoms with Crippen molar-refractivity contribution in [2.75, 3.05) is 10.2 Å². The van der Waals surface area contributed by atoms with E-state index in [2.05, 4.69) is 5.32 Å². The summed E-state index contributed by atoms with van der Waals surface area (Å²) >= 11 is 6.26. The Morgan fingerprint density at radius 3 is 2.10 bits per heavy atom. The summed E-state index contributed by atoms with van der Waals surface area (Å²) in [5.41, 5.74) is 3.17. The van der Waals surface area contributed by atoms with E-state index in [0.29, 0.717) is 17.1 Å². The van der Waals surface area contributed by atoms with E-state index in [1.165, 1.54) is 4.68 Å². The third-order valence-electron chi connectivity index (χ3n) is 5.27. The zero-order valence-corrected chi connectivity index (χ0v) is 18.3. The molecule has 2 heterocycles. The number of nitrogens with one attached hydrogen (secondary N) is 1. The van der Waals surface area contributed by atoms with E-state index >= 15 is 0 Å². The molecule has 8 heteroatoms. The van der Waals surface area contributed by atoms with Crippen LogP contribution in [0.25, 0.3) is 5.69 Å². The van der Waals surface area contributed by atoms with E-state index in [-0.39, 0.29) is 16.4 Å². The molecule has 7 nitrogen and oxygen atoms in total. The van der Waals surface area contributed by atoms with Gasteiger partial charge < -0.3 is 5.32 Å². The Labute approximate surface area is 184 Å². The lowest BCUT2D eigenvalue weighted by Crippen LogP contribution is -2.36. The zero-order valence-electron chi connectivity index (χ0n) is 17.6. The molecule has 1 aliphatic rings. The highest BCUT2D eigenvalue weighted by Gasteiger charge is 2.42. The molecule has 2 aromatic carbocycles. The second kappa shape index (κ2) is 7.59. The smallest absolute Gasteiger partial charge is 0.296 e. The number of aromatic nitrogens is 2. The van der Waals surface area contributed by atoms with Crippen LogP contribution in [-0.4, -0.2) is 21.2 Å². The summed E-state index contributed by atoms with van der Waals surface area (Å²) in [6, 6.07) is 14.7. The summed E-state index contributed by atoms with van der Waals surface area (Å²) in [6.45, 7) is 5.54. The Hall–Kier alpha value is -3.58. The number of hydrogen-bond donors (Lipinski definition) is 1. The minimum absolute atomic E-state index is 0.0169. The molecule has 0 saturated carbocycles. The predicted molar refractivity (Wildman–Crippen MR) is 121 cm³/mol. The van der Waals surface area contributed by atoms with Crippen molar-refractivity contribution in [2.24, 2.45) is 7.05 Å². The normalized spacial score (nSPS) is 14.0. The molecule has 0 bridgehead atoms. The van der Waals surface area contributed by atoms with Gasteiger partial charge in [0.15, 0.2) is 0 Å². The van der Waals surface area contributed by atoms with Crippen molar-refractivity contribution in [2.45, 2.75) is 20.8 Å². The number of amides is 2. The molecule has 1 N–H and O–H groups in total. The average Bonchev–Trinajstić information content (AvgIpc) is 3.06. The lowest BCUT2D eigenvalue weighted by atomic mass is 10.1. The molecule has 0 aliphatic carbocycles. The summed E-state index contributed by atoms with van der Waals surface area (Å²) in [6.07, 6.45) is 0. The molecule has 4 rings (SSSR count). The summed E-state index contributed by atoms with van der Waals surface area (Å²) in [5, 5.41) is 2.71. The first-order valence-corrected chi connectivity index (χ1v) is 10.1. The number of carbonyl (C=O) groups is 2. The highest BCUT2D eigenvalue weighted by molar-refractivity contribution is 6.53. The molecule has 0 unspecified atom stereocenters. The van der Waals surface area contributed by atoms with Gasteiger partial charge in [0, 0.05) is 12.7 Å². The van der Waals surface area contributed by atoms with Crippen LogP contribution in [0.5, 0.6) is 0 Å². The molecule has 2 amide bonds. The topological polar surface area (TPSA) is 76.3 Å². The van der Waals surface area contributed by atoms with Gasteiger partial charge in [-0.3, -0.25) is 19.1 Å². The van der Waals surface area contributed by atoms with Crippen molar-refractivity contribution in [3.63, 3.8) is 0 Å². The van der Waals surface area contributed by atoms with Crippen LogP contribution in [0.1, 0.15) is 16.8 Å². The van der Waals surface area contributed by atoms with Crippen molar-refractivity contribution in [1.29, 1.82) is 0 Å². The van der Waals surface area contributed by atoms with Crippen molar-refractivity contribution in [3.8, 4) is 5.69 Å². The molecule has 0 spiro atoms. The third-order valence-corrected chi connectivity index (χ3v) is 5.62. The van der Waals surface area contributed by atoms with Gasteiger partial charge in [0.05, 0.1) is 11.4 Å². The quantitative estimate of drug-likeness (QED) is 0.635. The molecular formula is C23H21ClN4O3. The molecule has 3 aromatic rings. The largest absolute Gasteiger partial charge is 0.350 e. The number of hydrogen-bond acceptors (Lipinski definition) is 4. The SMILES string of the molecule is Cc1cc(C)cc(NC2=C(Cl)C(=O)N(c3c(C)n(C)n(-c4ccccc4)c3=O)C2=O)c1. The minimum atomic E-state index is -0.732. The van der Waals surface area contributed by atoms with Crippen molar-refractivity contribution in [1.82, 2.24) is 9.36 Å². The molecule has 0 saturated heterocycles. The van der Waals surface area contributed by atoms with Crippen molar-refractivity contribution in [3.05, 3.63) is 86.4 Å². The molecule has 1 aliphatic heterocycles. The highest BCUT2D eigenvalue weighted by Crippen LogP contribution is 2.31. The number of benzene rings is 2. The van der Waals surface area contributed by atoms with E-state index in [4.69, 9.17) is 11.6 Å². The fraction of sp³-hybridized carbons (Fsp3) is 0.174. The Bertz CT molecular complexity index is 1300. The van der Waals surface area contributed by atoms with Crippen LogP contribution in [0.15, 0.2) is 64.1 Å². The first-order chi connectivity index (χ1) is 14.7. The molecule has 31 heavy (non-hydrogen) atoms. The highest BCUT2D eigenvalue weighted by atomic mass is 35.5. The van der Waals surface area contributed by atoms with Crippen LogP contribution in [0.3, 0.4) is 0 Å². The van der Waals surface area contributed by atoms with E-state index < -0.39 is 17.4 Å². The monoisotopic (exact) mass is 436 g/mol. The van der Waals surface area contributed by atoms with Crippen LogP contribution in [0.2, 0.25) is 0 Å². The lowest BCUT2D eigenvalue weighted by Gasteiger charge is -2.14. The Morgan fingerprint density at radius 2 is 1.48 bits per heavy atom. The fourth-order valence-electron chi connectivity index (χ4n) is 3.82. The Kier molecular flexibility index (Phi) is 5.07. The molecule has 1 aromatic heterocycles. The van der Waals surface area contributed by atoms with E-state index in [1.54, 1.807) is 42.9 Å². The summed E-state index contributed by atoms with van der Waals surface area (Å²) in [7, 11) is 1.70. The number of aryl methyl sites for hydroxylation is 2. The van der Waals surface area contributed by atoms with Gasteiger partial charge in [-0.15, -0.1) is 0 Å². The number of rotatable bonds is 4. The maximum atomic E-state index is 13.3. The zero-order chi connectivity index (χ0) is 22.4. The number of para-hydroxylation sites is 1. The average molecular weight is 437 g/mol. The Balaban J connectivity index is 1.77. The van der Waals surface area contributed by atoms with Gasteiger partial charge in [0.1, 0.15) is 16.4 Å². The van der Waals surface area contributed by atoms with Gasteiger partial charge in [0.2, 0.25) is 0 Å². The predicted octanol–water partition coefficient (Wildman–Crippen LogP) is 3.54. The van der Waals surface area contributed by atoms with E-state index in [1.807, 2.05) is 38.1 Å². The molecule has 158 valence electrons. The summed E-state index contributed by atoms with van der Waals surface area (Å²) < 4.78 is 3.02. The minimum Gasteiger partial charge on any atom is -0.350 e. The van der Waals surface area contributed by atoms with Gasteiger partial charge in [-0.1, -0.05) is 35.9 Å². The van der Waals surface area contributed by atoms with E-state index in [9.17, 15) is 14.4 Å². The maximum Gasteiger partial charge on any atom is 0.296 e. The standard InChI is InChI=1S/C23H21ClN4O3/c1-13-10-14(2)12-16(11-13)25-19-18(24)21(29)27(22(19)30)20-15(3)26(4)28(23(20)31)17-8-6-5-7-9-17/h5-12,25H,1-4H3. The first-order valence-electron chi connectivity index (χ1n) is 9.68. The van der Waals surface area contributed by atoms with E-state index in [0.717, 1.165) is 16.0 Å². The van der Waals surface area contributed by atoms with Crippen molar-refractivity contribution < 1.29 is 9.59 Å².